The molecule has 0 saturated carbocycles. The van der Waals surface area contributed by atoms with Gasteiger partial charge in [-0.3, -0.25) is 4.90 Å². The van der Waals surface area contributed by atoms with Crippen molar-refractivity contribution >= 4 is 0 Å². The predicted octanol–water partition coefficient (Wildman–Crippen LogP) is 3.26. The predicted molar refractivity (Wildman–Crippen MR) is 77.4 cm³/mol. The van der Waals surface area contributed by atoms with Gasteiger partial charge in [-0.05, 0) is 45.3 Å². The molecule has 0 amide bonds. The molecule has 1 aliphatic heterocycles. The zero-order valence-electron chi connectivity index (χ0n) is 12.0. The van der Waals surface area contributed by atoms with E-state index in [0.29, 0.717) is 5.56 Å². The second-order valence-corrected chi connectivity index (χ2v) is 5.65. The first kappa shape index (κ1) is 14.5. The second-order valence-electron chi connectivity index (χ2n) is 5.65. The molecular formula is C16H25FN2. The molecule has 3 heteroatoms. The van der Waals surface area contributed by atoms with Crippen LogP contribution in [0.15, 0.2) is 24.3 Å². The van der Waals surface area contributed by atoms with Gasteiger partial charge in [0.15, 0.2) is 0 Å². The number of nitrogens with two attached hydrogens (primary N) is 1. The number of likely N-dealkylation sites (tertiary alicyclic amines) is 1. The van der Waals surface area contributed by atoms with E-state index < -0.39 is 5.54 Å². The molecule has 1 aromatic rings. The van der Waals surface area contributed by atoms with Gasteiger partial charge in [0.25, 0.3) is 0 Å². The van der Waals surface area contributed by atoms with Gasteiger partial charge in [0, 0.05) is 11.6 Å². The third-order valence-electron chi connectivity index (χ3n) is 4.64. The summed E-state index contributed by atoms with van der Waals surface area (Å²) in [6, 6.07) is 7.10. The first-order valence-electron chi connectivity index (χ1n) is 7.37. The number of nitrogens with zero attached hydrogens (tertiary/aromatic N) is 1. The van der Waals surface area contributed by atoms with Gasteiger partial charge in [-0.15, -0.1) is 0 Å². The maximum Gasteiger partial charge on any atom is 0.128 e. The molecule has 2 rings (SSSR count). The van der Waals surface area contributed by atoms with Crippen LogP contribution in [-0.2, 0) is 5.54 Å². The first-order valence-corrected chi connectivity index (χ1v) is 7.37. The summed E-state index contributed by atoms with van der Waals surface area (Å²) >= 11 is 0. The Hall–Kier alpha value is -0.930. The topological polar surface area (TPSA) is 29.3 Å². The molecule has 2 nitrogen and oxygen atoms in total. The van der Waals surface area contributed by atoms with Crippen molar-refractivity contribution < 1.29 is 4.39 Å². The molecule has 106 valence electrons. The molecular weight excluding hydrogens is 239 g/mol. The Morgan fingerprint density at radius 1 is 1.26 bits per heavy atom. The highest BCUT2D eigenvalue weighted by molar-refractivity contribution is 5.27. The van der Waals surface area contributed by atoms with Crippen LogP contribution in [0.1, 0.15) is 45.1 Å². The monoisotopic (exact) mass is 264 g/mol. The smallest absolute Gasteiger partial charge is 0.128 e. The van der Waals surface area contributed by atoms with Crippen molar-refractivity contribution in [3.05, 3.63) is 35.6 Å². The van der Waals surface area contributed by atoms with Gasteiger partial charge in [0.1, 0.15) is 5.82 Å². The van der Waals surface area contributed by atoms with Crippen LogP contribution in [-0.4, -0.2) is 24.0 Å². The standard InChI is InChI=1S/C16H25FN2/c1-3-16(18,14-9-5-6-10-15(14)17)13(2)19-11-7-4-8-12-19/h5-6,9-10,13H,3-4,7-8,11-12,18H2,1-2H3. The van der Waals surface area contributed by atoms with E-state index in [0.717, 1.165) is 19.5 Å². The summed E-state index contributed by atoms with van der Waals surface area (Å²) in [5, 5.41) is 0. The lowest BCUT2D eigenvalue weighted by Gasteiger charge is -2.43. The lowest BCUT2D eigenvalue weighted by atomic mass is 9.80. The van der Waals surface area contributed by atoms with Gasteiger partial charge >= 0.3 is 0 Å². The zero-order valence-corrected chi connectivity index (χ0v) is 12.0. The van der Waals surface area contributed by atoms with E-state index in [-0.39, 0.29) is 11.9 Å². The molecule has 2 unspecified atom stereocenters. The van der Waals surface area contributed by atoms with Crippen molar-refractivity contribution in [1.29, 1.82) is 0 Å². The summed E-state index contributed by atoms with van der Waals surface area (Å²) in [5.41, 5.74) is 6.65. The fourth-order valence-corrected chi connectivity index (χ4v) is 3.18. The van der Waals surface area contributed by atoms with Crippen LogP contribution >= 0.6 is 0 Å². The van der Waals surface area contributed by atoms with Crippen LogP contribution < -0.4 is 5.73 Å². The van der Waals surface area contributed by atoms with E-state index in [9.17, 15) is 4.39 Å². The molecule has 0 aliphatic carbocycles. The third kappa shape index (κ3) is 2.82. The minimum atomic E-state index is -0.608. The number of hydrogen-bond donors (Lipinski definition) is 1. The molecule has 0 bridgehead atoms. The second kappa shape index (κ2) is 6.02. The van der Waals surface area contributed by atoms with Crippen LogP contribution in [0.3, 0.4) is 0 Å². The molecule has 0 radical (unpaired) electrons. The number of benzene rings is 1. The first-order chi connectivity index (χ1) is 9.09. The van der Waals surface area contributed by atoms with Gasteiger partial charge < -0.3 is 5.73 Å². The molecule has 1 heterocycles. The van der Waals surface area contributed by atoms with Crippen LogP contribution in [0.4, 0.5) is 4.39 Å². The largest absolute Gasteiger partial charge is 0.320 e. The molecule has 0 spiro atoms. The summed E-state index contributed by atoms with van der Waals surface area (Å²) in [6.45, 7) is 6.34. The molecule has 1 aromatic carbocycles. The van der Waals surface area contributed by atoms with Gasteiger partial charge in [0.2, 0.25) is 0 Å². The van der Waals surface area contributed by atoms with Crippen molar-refractivity contribution in [2.45, 2.75) is 51.1 Å². The minimum Gasteiger partial charge on any atom is -0.320 e. The number of hydrogen-bond acceptors (Lipinski definition) is 2. The average Bonchev–Trinajstić information content (AvgIpc) is 2.47. The van der Waals surface area contributed by atoms with Crippen molar-refractivity contribution in [2.24, 2.45) is 5.73 Å². The maximum atomic E-state index is 14.1. The average molecular weight is 264 g/mol. The lowest BCUT2D eigenvalue weighted by Crippen LogP contribution is -2.56. The Balaban J connectivity index is 2.28. The van der Waals surface area contributed by atoms with Crippen molar-refractivity contribution in [3.63, 3.8) is 0 Å². The van der Waals surface area contributed by atoms with E-state index in [1.165, 1.54) is 25.3 Å². The molecule has 2 N–H and O–H groups in total. The van der Waals surface area contributed by atoms with Gasteiger partial charge in [0.05, 0.1) is 5.54 Å². The minimum absolute atomic E-state index is 0.162. The molecule has 1 fully saturated rings. The summed E-state index contributed by atoms with van der Waals surface area (Å²) in [5.74, 6) is -0.185. The van der Waals surface area contributed by atoms with Gasteiger partial charge in [-0.2, -0.15) is 0 Å². The van der Waals surface area contributed by atoms with E-state index >= 15 is 0 Å². The summed E-state index contributed by atoms with van der Waals surface area (Å²) in [6.07, 6.45) is 4.49. The Morgan fingerprint density at radius 3 is 2.47 bits per heavy atom. The molecule has 1 aliphatic rings. The molecule has 19 heavy (non-hydrogen) atoms. The van der Waals surface area contributed by atoms with Crippen LogP contribution in [0.25, 0.3) is 0 Å². The van der Waals surface area contributed by atoms with E-state index in [2.05, 4.69) is 11.8 Å². The zero-order chi connectivity index (χ0) is 13.9. The van der Waals surface area contributed by atoms with Crippen LogP contribution in [0, 0.1) is 5.82 Å². The van der Waals surface area contributed by atoms with E-state index in [1.54, 1.807) is 6.07 Å². The molecule has 2 atom stereocenters. The number of halogens is 1. The van der Waals surface area contributed by atoms with Crippen molar-refractivity contribution in [1.82, 2.24) is 4.90 Å². The fraction of sp³-hybridized carbons (Fsp3) is 0.625. The molecule has 0 aromatic heterocycles. The quantitative estimate of drug-likeness (QED) is 0.904. The SMILES string of the molecule is CCC(N)(c1ccccc1F)C(C)N1CCCCC1. The Kier molecular flexibility index (Phi) is 4.58. The summed E-state index contributed by atoms with van der Waals surface area (Å²) in [4.78, 5) is 2.42. The fourth-order valence-electron chi connectivity index (χ4n) is 3.18. The molecule has 1 saturated heterocycles. The summed E-state index contributed by atoms with van der Waals surface area (Å²) < 4.78 is 14.1. The van der Waals surface area contributed by atoms with Crippen molar-refractivity contribution in [2.75, 3.05) is 13.1 Å². The van der Waals surface area contributed by atoms with Gasteiger partial charge in [-0.25, -0.2) is 4.39 Å². The van der Waals surface area contributed by atoms with Gasteiger partial charge in [-0.1, -0.05) is 31.5 Å². The number of rotatable bonds is 4. The Morgan fingerprint density at radius 2 is 1.89 bits per heavy atom. The Bertz CT molecular complexity index is 415. The Labute approximate surface area is 115 Å². The summed E-state index contributed by atoms with van der Waals surface area (Å²) in [7, 11) is 0. The number of piperidine rings is 1. The third-order valence-corrected chi connectivity index (χ3v) is 4.64. The highest BCUT2D eigenvalue weighted by Gasteiger charge is 2.37. The maximum absolute atomic E-state index is 14.1. The van der Waals surface area contributed by atoms with Crippen LogP contribution in [0.2, 0.25) is 0 Å². The normalized spacial score (nSPS) is 21.9. The van der Waals surface area contributed by atoms with E-state index in [1.807, 2.05) is 19.1 Å². The highest BCUT2D eigenvalue weighted by atomic mass is 19.1. The van der Waals surface area contributed by atoms with Crippen LogP contribution in [0.5, 0.6) is 0 Å². The van der Waals surface area contributed by atoms with E-state index in [4.69, 9.17) is 5.73 Å². The van der Waals surface area contributed by atoms with Crippen molar-refractivity contribution in [3.8, 4) is 0 Å². The lowest BCUT2D eigenvalue weighted by molar-refractivity contribution is 0.104. The highest BCUT2D eigenvalue weighted by Crippen LogP contribution is 2.32.